The Morgan fingerprint density at radius 1 is 1.21 bits per heavy atom. The lowest BCUT2D eigenvalue weighted by Crippen LogP contribution is -2.51. The number of anilines is 1. The zero-order valence-corrected chi connectivity index (χ0v) is 23.2. The first kappa shape index (κ1) is 28.5. The summed E-state index contributed by atoms with van der Waals surface area (Å²) >= 11 is 1.35. The van der Waals surface area contributed by atoms with E-state index < -0.39 is 28.3 Å². The molecule has 2 heterocycles. The third-order valence-corrected chi connectivity index (χ3v) is 8.45. The van der Waals surface area contributed by atoms with Gasteiger partial charge in [-0.25, -0.2) is 13.2 Å². The van der Waals surface area contributed by atoms with E-state index in [1.54, 1.807) is 11.7 Å². The van der Waals surface area contributed by atoms with Gasteiger partial charge in [0.05, 0.1) is 27.4 Å². The van der Waals surface area contributed by atoms with Gasteiger partial charge in [-0.1, -0.05) is 44.2 Å². The van der Waals surface area contributed by atoms with E-state index >= 15 is 0 Å². The van der Waals surface area contributed by atoms with Crippen LogP contribution in [0.4, 0.5) is 10.8 Å². The van der Waals surface area contributed by atoms with Crippen LogP contribution in [-0.2, 0) is 27.8 Å². The van der Waals surface area contributed by atoms with E-state index in [1.807, 2.05) is 44.2 Å². The molecule has 0 aliphatic heterocycles. The molecule has 0 saturated carbocycles. The molecule has 0 unspecified atom stereocenters. The molecule has 2 atom stereocenters. The van der Waals surface area contributed by atoms with Crippen LogP contribution in [0.2, 0.25) is 0 Å². The number of rotatable bonds is 12. The van der Waals surface area contributed by atoms with Crippen molar-refractivity contribution in [3.63, 3.8) is 0 Å². The minimum Gasteiger partial charge on any atom is -0.444 e. The van der Waals surface area contributed by atoms with Crippen molar-refractivity contribution >= 4 is 44.6 Å². The van der Waals surface area contributed by atoms with Gasteiger partial charge in [-0.3, -0.25) is 4.98 Å². The second-order valence-corrected chi connectivity index (χ2v) is 12.4. The van der Waals surface area contributed by atoms with Crippen molar-refractivity contribution in [1.29, 1.82) is 0 Å². The molecular formula is C26H31N5O6S2. The van der Waals surface area contributed by atoms with Crippen molar-refractivity contribution in [3.05, 3.63) is 70.7 Å². The zero-order valence-electron chi connectivity index (χ0n) is 21.6. The minimum absolute atomic E-state index is 0.0180. The first-order valence-corrected chi connectivity index (χ1v) is 14.6. The first-order valence-electron chi connectivity index (χ1n) is 12.3. The molecule has 2 aromatic carbocycles. The predicted octanol–water partition coefficient (Wildman–Crippen LogP) is 3.41. The number of thiazole rings is 1. The van der Waals surface area contributed by atoms with Gasteiger partial charge in [0, 0.05) is 25.4 Å². The minimum atomic E-state index is -4.05. The van der Waals surface area contributed by atoms with Crippen LogP contribution in [0.1, 0.15) is 24.3 Å². The molecule has 0 fully saturated rings. The number of oxazole rings is 1. The van der Waals surface area contributed by atoms with E-state index in [0.717, 1.165) is 10.4 Å². The number of hydrogen-bond acceptors (Lipinski definition) is 10. The Balaban J connectivity index is 1.55. The number of alkyl carbamates (subject to hydrolysis) is 1. The van der Waals surface area contributed by atoms with Gasteiger partial charge in [0.15, 0.2) is 5.58 Å². The number of aliphatic hydroxyl groups excluding tert-OH is 1. The Kier molecular flexibility index (Phi) is 9.17. The van der Waals surface area contributed by atoms with Crippen LogP contribution in [0.15, 0.2) is 69.6 Å². The van der Waals surface area contributed by atoms with Crippen molar-refractivity contribution in [2.24, 2.45) is 5.92 Å². The topological polar surface area (TPSA) is 161 Å². The van der Waals surface area contributed by atoms with Gasteiger partial charge in [0.1, 0.15) is 12.1 Å². The molecule has 2 aromatic heterocycles. The van der Waals surface area contributed by atoms with Gasteiger partial charge in [0.25, 0.3) is 6.01 Å². The molecule has 39 heavy (non-hydrogen) atoms. The largest absolute Gasteiger partial charge is 0.444 e. The highest BCUT2D eigenvalue weighted by atomic mass is 32.2. The van der Waals surface area contributed by atoms with Crippen LogP contribution in [0.5, 0.6) is 0 Å². The molecule has 0 spiro atoms. The summed E-state index contributed by atoms with van der Waals surface area (Å²) in [7, 11) is -4.05. The Hall–Kier alpha value is -3.52. The zero-order chi connectivity index (χ0) is 28.0. The van der Waals surface area contributed by atoms with Gasteiger partial charge in [-0.05, 0) is 30.0 Å². The molecule has 11 nitrogen and oxygen atoms in total. The highest BCUT2D eigenvalue weighted by molar-refractivity contribution is 7.89. The molecule has 208 valence electrons. The molecule has 0 bridgehead atoms. The number of carbonyl (C=O) groups is 1. The average Bonchev–Trinajstić information content (AvgIpc) is 3.55. The van der Waals surface area contributed by atoms with Crippen LogP contribution in [0.25, 0.3) is 11.1 Å². The van der Waals surface area contributed by atoms with Gasteiger partial charge in [-0.2, -0.15) is 9.29 Å². The Morgan fingerprint density at radius 3 is 2.67 bits per heavy atom. The summed E-state index contributed by atoms with van der Waals surface area (Å²) < 4.78 is 39.2. The standard InChI is InChI=1S/C26H31N5O6S2/c1-17(2)13-31(39(34,35)20-8-9-21-24(11-20)37-25(27)29-21)14-23(32)22(10-18-6-4-3-5-7-18)30-26(33)36-15-19-12-28-16-38-19/h3-9,11-12,16-17,22-23,32H,10,13-15H2,1-2H3,(H2,27,29)(H,30,33)/t22-,23-/m1/s1. The molecule has 4 rings (SSSR count). The van der Waals surface area contributed by atoms with E-state index in [0.29, 0.717) is 5.52 Å². The molecule has 4 aromatic rings. The summed E-state index contributed by atoms with van der Waals surface area (Å²) in [4.78, 5) is 21.3. The smallest absolute Gasteiger partial charge is 0.407 e. The lowest BCUT2D eigenvalue weighted by molar-refractivity contribution is 0.0876. The highest BCUT2D eigenvalue weighted by Crippen LogP contribution is 2.25. The Labute approximate surface area is 230 Å². The van der Waals surface area contributed by atoms with Crippen LogP contribution < -0.4 is 11.1 Å². The van der Waals surface area contributed by atoms with E-state index in [4.69, 9.17) is 14.9 Å². The number of carbonyl (C=O) groups excluding carboxylic acids is 1. The number of aliphatic hydroxyl groups is 1. The van der Waals surface area contributed by atoms with Crippen molar-refractivity contribution < 1.29 is 27.5 Å². The molecule has 0 aliphatic rings. The van der Waals surface area contributed by atoms with Crippen molar-refractivity contribution in [3.8, 4) is 0 Å². The van der Waals surface area contributed by atoms with Gasteiger partial charge in [-0.15, -0.1) is 11.3 Å². The number of nitrogens with zero attached hydrogens (tertiary/aromatic N) is 3. The number of nitrogens with one attached hydrogen (secondary N) is 1. The maximum Gasteiger partial charge on any atom is 0.407 e. The number of fused-ring (bicyclic) bond motifs is 1. The summed E-state index contributed by atoms with van der Waals surface area (Å²) in [6.07, 6.45) is -0.112. The van der Waals surface area contributed by atoms with Crippen LogP contribution in [0.3, 0.4) is 0 Å². The fourth-order valence-electron chi connectivity index (χ4n) is 4.04. The van der Waals surface area contributed by atoms with Gasteiger partial charge in [0.2, 0.25) is 10.0 Å². The van der Waals surface area contributed by atoms with Gasteiger partial charge < -0.3 is 25.3 Å². The number of hydrogen-bond donors (Lipinski definition) is 3. The quantitative estimate of drug-likeness (QED) is 0.231. The molecular weight excluding hydrogens is 542 g/mol. The molecule has 13 heteroatoms. The normalized spacial score (nSPS) is 13.6. The van der Waals surface area contributed by atoms with Crippen LogP contribution in [-0.4, -0.2) is 59.1 Å². The number of aromatic nitrogens is 2. The molecule has 1 amide bonds. The third kappa shape index (κ3) is 7.53. The third-order valence-electron chi connectivity index (χ3n) is 5.87. The predicted molar refractivity (Wildman–Crippen MR) is 147 cm³/mol. The fraction of sp³-hybridized carbons (Fsp3) is 0.346. The summed E-state index contributed by atoms with van der Waals surface area (Å²) in [6.45, 7) is 3.68. The highest BCUT2D eigenvalue weighted by Gasteiger charge is 2.32. The Morgan fingerprint density at radius 2 is 1.97 bits per heavy atom. The summed E-state index contributed by atoms with van der Waals surface area (Å²) in [5.41, 5.74) is 8.78. The molecule has 0 saturated heterocycles. The number of benzene rings is 2. The summed E-state index contributed by atoms with van der Waals surface area (Å²) in [6, 6.07) is 12.7. The number of nitrogen functional groups attached to an aromatic ring is 1. The fourth-order valence-corrected chi connectivity index (χ4v) is 6.18. The van der Waals surface area contributed by atoms with Gasteiger partial charge >= 0.3 is 6.09 Å². The second-order valence-electron chi connectivity index (χ2n) is 9.45. The summed E-state index contributed by atoms with van der Waals surface area (Å²) in [5, 5.41) is 14.0. The monoisotopic (exact) mass is 573 g/mol. The SMILES string of the molecule is CC(C)CN(C[C@@H](O)[C@@H](Cc1ccccc1)NC(=O)OCc1cncs1)S(=O)(=O)c1ccc2nc(N)oc2c1. The molecule has 0 radical (unpaired) electrons. The van der Waals surface area contributed by atoms with E-state index in [-0.39, 0.29) is 48.5 Å². The lowest BCUT2D eigenvalue weighted by Gasteiger charge is -2.30. The number of amides is 1. The number of sulfonamides is 1. The Bertz CT molecular complexity index is 1480. The molecule has 0 aliphatic carbocycles. The maximum absolute atomic E-state index is 13.7. The van der Waals surface area contributed by atoms with E-state index in [1.165, 1.54) is 33.8 Å². The first-order chi connectivity index (χ1) is 18.6. The second kappa shape index (κ2) is 12.6. The van der Waals surface area contributed by atoms with E-state index in [9.17, 15) is 18.3 Å². The number of ether oxygens (including phenoxy) is 1. The van der Waals surface area contributed by atoms with Crippen LogP contribution in [0, 0.1) is 5.92 Å². The average molecular weight is 574 g/mol. The van der Waals surface area contributed by atoms with Crippen molar-refractivity contribution in [2.45, 2.75) is 43.9 Å². The van der Waals surface area contributed by atoms with Crippen molar-refractivity contribution in [1.82, 2.24) is 19.6 Å². The summed E-state index contributed by atoms with van der Waals surface area (Å²) in [5.74, 6) is -0.0402. The number of nitrogens with two attached hydrogens (primary N) is 1. The van der Waals surface area contributed by atoms with Crippen LogP contribution >= 0.6 is 11.3 Å². The van der Waals surface area contributed by atoms with Crippen molar-refractivity contribution in [2.75, 3.05) is 18.8 Å². The lowest BCUT2D eigenvalue weighted by atomic mass is 10.0. The maximum atomic E-state index is 13.7. The van der Waals surface area contributed by atoms with E-state index in [2.05, 4.69) is 15.3 Å². The molecule has 4 N–H and O–H groups in total.